The molecule has 0 spiro atoms. The van der Waals surface area contributed by atoms with Gasteiger partial charge >= 0.3 is 5.69 Å². The second-order valence-corrected chi connectivity index (χ2v) is 7.29. The van der Waals surface area contributed by atoms with Gasteiger partial charge in [-0.25, -0.2) is 0 Å². The predicted molar refractivity (Wildman–Crippen MR) is 126 cm³/mol. The molecule has 0 aliphatic rings. The normalized spacial score (nSPS) is 11.2. The molecule has 0 saturated carbocycles. The number of hydrogen-bond acceptors (Lipinski definition) is 6. The van der Waals surface area contributed by atoms with E-state index in [4.69, 9.17) is 0 Å². The molecule has 0 aliphatic heterocycles. The van der Waals surface area contributed by atoms with E-state index in [1.54, 1.807) is 0 Å². The lowest BCUT2D eigenvalue weighted by atomic mass is 10.00. The minimum absolute atomic E-state index is 0.106. The third-order valence-electron chi connectivity index (χ3n) is 5.04. The molecule has 164 valence electrons. The average molecular weight is 432 g/mol. The van der Waals surface area contributed by atoms with Crippen LogP contribution in [0.3, 0.4) is 0 Å². The van der Waals surface area contributed by atoms with E-state index >= 15 is 0 Å². The molecule has 0 saturated heterocycles. The van der Waals surface area contributed by atoms with Crippen LogP contribution in [-0.2, 0) is 0 Å². The molecule has 3 aromatic rings. The van der Waals surface area contributed by atoms with Crippen molar-refractivity contribution in [2.24, 2.45) is 5.10 Å². The predicted octanol–water partition coefficient (Wildman–Crippen LogP) is 6.57. The van der Waals surface area contributed by atoms with Crippen LogP contribution < -0.4 is 5.43 Å². The van der Waals surface area contributed by atoms with Gasteiger partial charge in [0.2, 0.25) is 0 Å². The largest absolute Gasteiger partial charge is 0.301 e. The lowest BCUT2D eigenvalue weighted by Crippen LogP contribution is -2.06. The Kier molecular flexibility index (Phi) is 7.64. The molecule has 8 nitrogen and oxygen atoms in total. The van der Waals surface area contributed by atoms with Crippen molar-refractivity contribution in [1.82, 2.24) is 0 Å². The van der Waals surface area contributed by atoms with Crippen LogP contribution in [0.1, 0.15) is 38.2 Å². The quantitative estimate of drug-likeness (QED) is 0.169. The van der Waals surface area contributed by atoms with E-state index in [9.17, 15) is 20.2 Å². The highest BCUT2D eigenvalue weighted by Gasteiger charge is 2.19. The third-order valence-corrected chi connectivity index (χ3v) is 5.04. The fraction of sp³-hybridized carbons (Fsp3) is 0.208. The maximum Gasteiger partial charge on any atom is 0.301 e. The highest BCUT2D eigenvalue weighted by atomic mass is 16.6. The van der Waals surface area contributed by atoms with Crippen molar-refractivity contribution in [3.63, 3.8) is 0 Å². The molecule has 0 unspecified atom stereocenters. The van der Waals surface area contributed by atoms with E-state index in [1.165, 1.54) is 12.1 Å². The summed E-state index contributed by atoms with van der Waals surface area (Å²) in [5.74, 6) is 0. The summed E-state index contributed by atoms with van der Waals surface area (Å²) in [5, 5.41) is 26.8. The molecular weight excluding hydrogens is 408 g/mol. The van der Waals surface area contributed by atoms with Gasteiger partial charge < -0.3 is 0 Å². The summed E-state index contributed by atoms with van der Waals surface area (Å²) in [6.45, 7) is 2.12. The van der Waals surface area contributed by atoms with E-state index in [1.807, 2.05) is 54.6 Å². The van der Waals surface area contributed by atoms with Crippen molar-refractivity contribution in [2.45, 2.75) is 32.6 Å². The highest BCUT2D eigenvalue weighted by molar-refractivity contribution is 6.01. The number of benzene rings is 3. The molecule has 1 N–H and O–H groups in total. The first-order chi connectivity index (χ1) is 15.5. The summed E-state index contributed by atoms with van der Waals surface area (Å²) in [4.78, 5) is 21.0. The van der Waals surface area contributed by atoms with E-state index in [0.29, 0.717) is 6.42 Å². The minimum atomic E-state index is -0.662. The zero-order valence-electron chi connectivity index (χ0n) is 17.7. The molecule has 0 aromatic heterocycles. The number of anilines is 1. The highest BCUT2D eigenvalue weighted by Crippen LogP contribution is 2.29. The van der Waals surface area contributed by atoms with Gasteiger partial charge in [0.25, 0.3) is 5.69 Å². The number of non-ortho nitro benzene ring substituents is 1. The average Bonchev–Trinajstić information content (AvgIpc) is 2.82. The van der Waals surface area contributed by atoms with Crippen LogP contribution in [0.15, 0.2) is 77.9 Å². The maximum atomic E-state index is 11.4. The van der Waals surface area contributed by atoms with Crippen LogP contribution >= 0.6 is 0 Å². The molecule has 3 aromatic carbocycles. The molecule has 0 atom stereocenters. The van der Waals surface area contributed by atoms with Crippen LogP contribution in [-0.4, -0.2) is 15.6 Å². The maximum absolute atomic E-state index is 11.4. The number of hydrazone groups is 1. The van der Waals surface area contributed by atoms with E-state index in [-0.39, 0.29) is 11.4 Å². The number of rotatable bonds is 10. The number of nitro benzene ring substituents is 2. The minimum Gasteiger partial charge on any atom is -0.271 e. The van der Waals surface area contributed by atoms with Gasteiger partial charge in [-0.2, -0.15) is 5.10 Å². The van der Waals surface area contributed by atoms with Gasteiger partial charge in [-0.05, 0) is 35.6 Å². The lowest BCUT2D eigenvalue weighted by Gasteiger charge is -2.10. The molecule has 0 aliphatic carbocycles. The topological polar surface area (TPSA) is 111 Å². The fourth-order valence-electron chi connectivity index (χ4n) is 3.30. The Labute approximate surface area is 185 Å². The lowest BCUT2D eigenvalue weighted by molar-refractivity contribution is -0.393. The van der Waals surface area contributed by atoms with Crippen LogP contribution in [0, 0.1) is 20.2 Å². The number of nitro groups is 2. The summed E-state index contributed by atoms with van der Waals surface area (Å²) >= 11 is 0. The Hall–Kier alpha value is -4.07. The number of unbranched alkanes of at least 4 members (excludes halogenated alkanes) is 2. The van der Waals surface area contributed by atoms with Crippen molar-refractivity contribution < 1.29 is 9.85 Å². The summed E-state index contributed by atoms with van der Waals surface area (Å²) in [6.07, 6.45) is 3.73. The van der Waals surface area contributed by atoms with Crippen LogP contribution in [0.5, 0.6) is 0 Å². The molecule has 0 amide bonds. The van der Waals surface area contributed by atoms with Crippen molar-refractivity contribution >= 4 is 22.8 Å². The van der Waals surface area contributed by atoms with Gasteiger partial charge in [0, 0.05) is 6.07 Å². The molecule has 0 bridgehead atoms. The second kappa shape index (κ2) is 10.8. The first kappa shape index (κ1) is 22.6. The first-order valence-corrected chi connectivity index (χ1v) is 10.4. The second-order valence-electron chi connectivity index (χ2n) is 7.29. The van der Waals surface area contributed by atoms with Gasteiger partial charge in [-0.15, -0.1) is 0 Å². The Bertz CT molecular complexity index is 1110. The van der Waals surface area contributed by atoms with Gasteiger partial charge in [0.05, 0.1) is 21.6 Å². The monoisotopic (exact) mass is 432 g/mol. The Morgan fingerprint density at radius 2 is 1.56 bits per heavy atom. The van der Waals surface area contributed by atoms with Crippen LogP contribution in [0.4, 0.5) is 17.1 Å². The Balaban J connectivity index is 1.89. The Morgan fingerprint density at radius 1 is 0.875 bits per heavy atom. The smallest absolute Gasteiger partial charge is 0.271 e. The van der Waals surface area contributed by atoms with Gasteiger partial charge in [0.15, 0.2) is 0 Å². The van der Waals surface area contributed by atoms with Gasteiger partial charge in [0.1, 0.15) is 5.69 Å². The van der Waals surface area contributed by atoms with Crippen LogP contribution in [0.25, 0.3) is 11.1 Å². The molecule has 32 heavy (non-hydrogen) atoms. The van der Waals surface area contributed by atoms with Crippen molar-refractivity contribution in [1.29, 1.82) is 0 Å². The summed E-state index contributed by atoms with van der Waals surface area (Å²) in [6, 6.07) is 21.5. The van der Waals surface area contributed by atoms with E-state index < -0.39 is 15.5 Å². The number of nitrogens with one attached hydrogen (secondary N) is 1. The molecule has 0 heterocycles. The molecule has 0 fully saturated rings. The fourth-order valence-corrected chi connectivity index (χ4v) is 3.30. The molecule has 3 rings (SSSR count). The van der Waals surface area contributed by atoms with Crippen molar-refractivity contribution in [3.05, 3.63) is 98.6 Å². The molecule has 0 radical (unpaired) electrons. The van der Waals surface area contributed by atoms with E-state index in [2.05, 4.69) is 17.5 Å². The standard InChI is InChI=1S/C24H24N4O4/c1-2-3-5-10-22(20-13-11-19(12-14-20)18-8-6-4-7-9-18)25-26-23-16-15-21(27(29)30)17-24(23)28(31)32/h4,6-9,11-17,26H,2-3,5,10H2,1H3/b25-22-. The zero-order valence-corrected chi connectivity index (χ0v) is 17.7. The summed E-state index contributed by atoms with van der Waals surface area (Å²) < 4.78 is 0. The van der Waals surface area contributed by atoms with E-state index in [0.717, 1.165) is 47.7 Å². The van der Waals surface area contributed by atoms with Gasteiger partial charge in [-0.1, -0.05) is 74.4 Å². The first-order valence-electron chi connectivity index (χ1n) is 10.4. The number of hydrogen-bond donors (Lipinski definition) is 1. The molecular formula is C24H24N4O4. The van der Waals surface area contributed by atoms with Gasteiger partial charge in [-0.3, -0.25) is 25.7 Å². The van der Waals surface area contributed by atoms with Crippen molar-refractivity contribution in [2.75, 3.05) is 5.43 Å². The summed E-state index contributed by atoms with van der Waals surface area (Å²) in [7, 11) is 0. The van der Waals surface area contributed by atoms with Crippen molar-refractivity contribution in [3.8, 4) is 11.1 Å². The zero-order chi connectivity index (χ0) is 22.9. The third kappa shape index (κ3) is 5.75. The van der Waals surface area contributed by atoms with Crippen LogP contribution in [0.2, 0.25) is 0 Å². The number of nitrogens with zero attached hydrogens (tertiary/aromatic N) is 3. The SMILES string of the molecule is CCCCC/C(=N/Nc1ccc([N+](=O)[O-])cc1[N+](=O)[O-])c1ccc(-c2ccccc2)cc1. The Morgan fingerprint density at radius 3 is 2.19 bits per heavy atom. The molecule has 8 heteroatoms. The summed E-state index contributed by atoms with van der Waals surface area (Å²) in [5.41, 5.74) is 6.01.